The van der Waals surface area contributed by atoms with E-state index >= 15 is 0 Å². The Morgan fingerprint density at radius 1 is 1.27 bits per heavy atom. The minimum atomic E-state index is 0.126. The number of aryl methyl sites for hydroxylation is 1. The molecule has 0 saturated carbocycles. The van der Waals surface area contributed by atoms with E-state index in [1.165, 1.54) is 0 Å². The summed E-state index contributed by atoms with van der Waals surface area (Å²) in [6.45, 7) is 1.91. The fraction of sp³-hybridized carbons (Fsp3) is 0.182. The van der Waals surface area contributed by atoms with Crippen molar-refractivity contribution in [2.45, 2.75) is 6.92 Å². The number of rotatable bonds is 2. The molecule has 0 aliphatic carbocycles. The highest BCUT2D eigenvalue weighted by Crippen LogP contribution is 2.31. The Morgan fingerprint density at radius 2 is 2.00 bits per heavy atom. The Kier molecular flexibility index (Phi) is 2.33. The van der Waals surface area contributed by atoms with Crippen molar-refractivity contribution in [3.63, 3.8) is 0 Å². The van der Waals surface area contributed by atoms with Gasteiger partial charge in [0, 0.05) is 7.05 Å². The SMILES string of the molecule is Cc1c(Oc2ccccc2O)cnn1C. The average molecular weight is 204 g/mol. The standard InChI is InChI=1S/C11H12N2O2/c1-8-11(7-12-13(8)2)15-10-6-4-3-5-9(10)14/h3-7,14H,1-2H3. The zero-order chi connectivity index (χ0) is 10.8. The first-order valence-electron chi connectivity index (χ1n) is 4.63. The van der Waals surface area contributed by atoms with Gasteiger partial charge in [0.05, 0.1) is 11.9 Å². The first-order valence-corrected chi connectivity index (χ1v) is 4.63. The van der Waals surface area contributed by atoms with Crippen molar-refractivity contribution >= 4 is 0 Å². The molecule has 2 aromatic rings. The molecule has 1 aromatic carbocycles. The van der Waals surface area contributed by atoms with Crippen LogP contribution in [0.15, 0.2) is 30.5 Å². The van der Waals surface area contributed by atoms with E-state index in [1.54, 1.807) is 35.1 Å². The number of phenols is 1. The van der Waals surface area contributed by atoms with E-state index < -0.39 is 0 Å². The summed E-state index contributed by atoms with van der Waals surface area (Å²) in [7, 11) is 1.84. The topological polar surface area (TPSA) is 47.3 Å². The molecule has 0 spiro atoms. The second kappa shape index (κ2) is 3.65. The molecule has 0 aliphatic heterocycles. The summed E-state index contributed by atoms with van der Waals surface area (Å²) in [6, 6.07) is 6.85. The summed E-state index contributed by atoms with van der Waals surface area (Å²) in [6.07, 6.45) is 1.63. The molecule has 1 heterocycles. The number of hydrogen-bond donors (Lipinski definition) is 1. The van der Waals surface area contributed by atoms with Crippen LogP contribution in [0.5, 0.6) is 17.2 Å². The van der Waals surface area contributed by atoms with Crippen LogP contribution in [-0.2, 0) is 7.05 Å². The van der Waals surface area contributed by atoms with Gasteiger partial charge >= 0.3 is 0 Å². The lowest BCUT2D eigenvalue weighted by Gasteiger charge is -2.05. The van der Waals surface area contributed by atoms with Crippen LogP contribution in [0, 0.1) is 6.92 Å². The van der Waals surface area contributed by atoms with Gasteiger partial charge in [-0.3, -0.25) is 4.68 Å². The molecule has 0 atom stereocenters. The van der Waals surface area contributed by atoms with Crippen molar-refractivity contribution in [2.24, 2.45) is 7.05 Å². The average Bonchev–Trinajstić information content (AvgIpc) is 2.53. The predicted molar refractivity (Wildman–Crippen MR) is 56.1 cm³/mol. The molecule has 0 fully saturated rings. The fourth-order valence-corrected chi connectivity index (χ4v) is 1.24. The van der Waals surface area contributed by atoms with Gasteiger partial charge in [-0.25, -0.2) is 0 Å². The van der Waals surface area contributed by atoms with Crippen LogP contribution >= 0.6 is 0 Å². The van der Waals surface area contributed by atoms with Gasteiger partial charge in [-0.2, -0.15) is 5.10 Å². The second-order valence-electron chi connectivity index (χ2n) is 3.29. The maximum atomic E-state index is 9.52. The highest BCUT2D eigenvalue weighted by atomic mass is 16.5. The van der Waals surface area contributed by atoms with E-state index in [0.29, 0.717) is 11.5 Å². The lowest BCUT2D eigenvalue weighted by atomic mass is 10.3. The molecule has 0 unspecified atom stereocenters. The van der Waals surface area contributed by atoms with Crippen LogP contribution in [0.3, 0.4) is 0 Å². The molecular weight excluding hydrogens is 192 g/mol. The first-order chi connectivity index (χ1) is 7.18. The number of hydrogen-bond acceptors (Lipinski definition) is 3. The maximum Gasteiger partial charge on any atom is 0.169 e. The lowest BCUT2D eigenvalue weighted by molar-refractivity contribution is 0.409. The molecule has 0 amide bonds. The van der Waals surface area contributed by atoms with E-state index in [1.807, 2.05) is 14.0 Å². The third kappa shape index (κ3) is 1.79. The van der Waals surface area contributed by atoms with Crippen molar-refractivity contribution < 1.29 is 9.84 Å². The third-order valence-electron chi connectivity index (χ3n) is 2.28. The number of benzene rings is 1. The van der Waals surface area contributed by atoms with Gasteiger partial charge in [-0.1, -0.05) is 12.1 Å². The van der Waals surface area contributed by atoms with E-state index in [-0.39, 0.29) is 5.75 Å². The fourth-order valence-electron chi connectivity index (χ4n) is 1.24. The van der Waals surface area contributed by atoms with Gasteiger partial charge < -0.3 is 9.84 Å². The van der Waals surface area contributed by atoms with Gasteiger partial charge in [-0.05, 0) is 19.1 Å². The van der Waals surface area contributed by atoms with Crippen molar-refractivity contribution in [3.05, 3.63) is 36.2 Å². The molecule has 1 N–H and O–H groups in total. The molecule has 2 rings (SSSR count). The van der Waals surface area contributed by atoms with Crippen LogP contribution in [-0.4, -0.2) is 14.9 Å². The maximum absolute atomic E-state index is 9.52. The van der Waals surface area contributed by atoms with Crippen LogP contribution < -0.4 is 4.74 Å². The Balaban J connectivity index is 2.30. The van der Waals surface area contributed by atoms with Gasteiger partial charge in [0.15, 0.2) is 17.2 Å². The molecule has 4 heteroatoms. The number of phenolic OH excluding ortho intramolecular Hbond substituents is 1. The molecule has 0 aliphatic rings. The van der Waals surface area contributed by atoms with E-state index in [9.17, 15) is 5.11 Å². The van der Waals surface area contributed by atoms with Gasteiger partial charge in [0.1, 0.15) is 0 Å². The van der Waals surface area contributed by atoms with Crippen molar-refractivity contribution in [3.8, 4) is 17.2 Å². The number of nitrogens with zero attached hydrogens (tertiary/aromatic N) is 2. The smallest absolute Gasteiger partial charge is 0.169 e. The summed E-state index contributed by atoms with van der Waals surface area (Å²) in [5, 5.41) is 13.6. The molecule has 0 radical (unpaired) electrons. The van der Waals surface area contributed by atoms with E-state index in [4.69, 9.17) is 4.74 Å². The summed E-state index contributed by atoms with van der Waals surface area (Å²) in [5.74, 6) is 1.22. The summed E-state index contributed by atoms with van der Waals surface area (Å²) in [5.41, 5.74) is 0.915. The molecule has 1 aromatic heterocycles. The molecule has 0 saturated heterocycles. The number of para-hydroxylation sites is 2. The predicted octanol–water partition coefficient (Wildman–Crippen LogP) is 2.23. The van der Waals surface area contributed by atoms with Crippen LogP contribution in [0.2, 0.25) is 0 Å². The zero-order valence-corrected chi connectivity index (χ0v) is 8.64. The number of aromatic nitrogens is 2. The van der Waals surface area contributed by atoms with Crippen molar-refractivity contribution in [1.29, 1.82) is 0 Å². The van der Waals surface area contributed by atoms with Crippen molar-refractivity contribution in [2.75, 3.05) is 0 Å². The van der Waals surface area contributed by atoms with Gasteiger partial charge in [-0.15, -0.1) is 0 Å². The number of ether oxygens (including phenoxy) is 1. The minimum absolute atomic E-state index is 0.126. The summed E-state index contributed by atoms with van der Waals surface area (Å²) >= 11 is 0. The van der Waals surface area contributed by atoms with Crippen LogP contribution in [0.4, 0.5) is 0 Å². The normalized spacial score (nSPS) is 10.3. The Labute approximate surface area is 87.7 Å². The minimum Gasteiger partial charge on any atom is -0.504 e. The zero-order valence-electron chi connectivity index (χ0n) is 8.64. The Bertz CT molecular complexity index is 477. The quantitative estimate of drug-likeness (QED) is 0.815. The highest BCUT2D eigenvalue weighted by molar-refractivity contribution is 5.41. The highest BCUT2D eigenvalue weighted by Gasteiger charge is 2.08. The summed E-state index contributed by atoms with van der Waals surface area (Å²) < 4.78 is 7.24. The van der Waals surface area contributed by atoms with Gasteiger partial charge in [0.25, 0.3) is 0 Å². The third-order valence-corrected chi connectivity index (χ3v) is 2.28. The molecule has 78 valence electrons. The molecule has 0 bridgehead atoms. The molecule has 15 heavy (non-hydrogen) atoms. The lowest BCUT2D eigenvalue weighted by Crippen LogP contribution is -1.93. The Morgan fingerprint density at radius 3 is 2.60 bits per heavy atom. The van der Waals surface area contributed by atoms with Crippen LogP contribution in [0.25, 0.3) is 0 Å². The molecule has 4 nitrogen and oxygen atoms in total. The van der Waals surface area contributed by atoms with Crippen molar-refractivity contribution in [1.82, 2.24) is 9.78 Å². The Hall–Kier alpha value is -1.97. The van der Waals surface area contributed by atoms with E-state index in [0.717, 1.165) is 5.69 Å². The monoisotopic (exact) mass is 204 g/mol. The first kappa shape index (κ1) is 9.58. The number of aromatic hydroxyl groups is 1. The van der Waals surface area contributed by atoms with E-state index in [2.05, 4.69) is 5.10 Å². The second-order valence-corrected chi connectivity index (χ2v) is 3.29. The largest absolute Gasteiger partial charge is 0.504 e. The molecular formula is C11H12N2O2. The van der Waals surface area contributed by atoms with Crippen LogP contribution in [0.1, 0.15) is 5.69 Å². The summed E-state index contributed by atoms with van der Waals surface area (Å²) in [4.78, 5) is 0. The van der Waals surface area contributed by atoms with Gasteiger partial charge in [0.2, 0.25) is 0 Å².